The van der Waals surface area contributed by atoms with Crippen molar-refractivity contribution in [1.29, 1.82) is 0 Å². The summed E-state index contributed by atoms with van der Waals surface area (Å²) in [6, 6.07) is 1.57. The Kier molecular flexibility index (Phi) is 4.12. The Bertz CT molecular complexity index is 886. The number of anilines is 1. The van der Waals surface area contributed by atoms with Crippen molar-refractivity contribution in [2.75, 3.05) is 24.5 Å². The van der Waals surface area contributed by atoms with Crippen molar-refractivity contribution in [3.63, 3.8) is 0 Å². The lowest BCUT2D eigenvalue weighted by Crippen LogP contribution is -2.42. The number of nitrogens with zero attached hydrogens (tertiary/aromatic N) is 4. The van der Waals surface area contributed by atoms with Crippen molar-refractivity contribution >= 4 is 11.9 Å². The van der Waals surface area contributed by atoms with E-state index in [1.54, 1.807) is 6.07 Å². The van der Waals surface area contributed by atoms with Crippen LogP contribution in [0.2, 0.25) is 0 Å². The smallest absolute Gasteiger partial charge is 0.273 e. The van der Waals surface area contributed by atoms with E-state index in [2.05, 4.69) is 34.2 Å². The molecule has 1 N–H and O–H groups in total. The quantitative estimate of drug-likeness (QED) is 0.841. The monoisotopic (exact) mass is 383 g/mol. The Balaban J connectivity index is 1.32. The molecule has 3 fully saturated rings. The van der Waals surface area contributed by atoms with Crippen LogP contribution < -0.4 is 10.2 Å². The summed E-state index contributed by atoms with van der Waals surface area (Å²) in [5.74, 6) is 1.27. The molecule has 8 nitrogen and oxygen atoms in total. The van der Waals surface area contributed by atoms with E-state index >= 15 is 0 Å². The Morgan fingerprint density at radius 3 is 3.14 bits per heavy atom. The first-order valence-corrected chi connectivity index (χ1v) is 10.0. The number of hydrogen-bond donors (Lipinski definition) is 1. The van der Waals surface area contributed by atoms with E-state index in [0.29, 0.717) is 24.1 Å². The fourth-order valence-electron chi connectivity index (χ4n) is 5.22. The highest BCUT2D eigenvalue weighted by Crippen LogP contribution is 2.54. The number of amides is 1. The minimum Gasteiger partial charge on any atom is -0.369 e. The summed E-state index contributed by atoms with van der Waals surface area (Å²) in [5, 5.41) is 6.72. The molecule has 2 aromatic rings. The number of hydrogen-bond acceptors (Lipinski definition) is 7. The van der Waals surface area contributed by atoms with E-state index in [9.17, 15) is 4.79 Å². The second kappa shape index (κ2) is 6.55. The van der Waals surface area contributed by atoms with Crippen molar-refractivity contribution in [2.45, 2.75) is 44.8 Å². The maximum Gasteiger partial charge on any atom is 0.273 e. The largest absolute Gasteiger partial charge is 0.369 e. The molecule has 0 aliphatic carbocycles. The Hall–Kier alpha value is -2.48. The molecule has 0 radical (unpaired) electrons. The molecule has 3 saturated heterocycles. The lowest BCUT2D eigenvalue weighted by molar-refractivity contribution is 0.0141. The molecule has 148 valence electrons. The minimum absolute atomic E-state index is 0.130. The SMILES string of the molecule is CCc1nc(N2C[C@@H]3[C@H](CNC(=O)c4ccon4)[C@H]4CC[C@]3(C2)O4)ncc1C. The summed E-state index contributed by atoms with van der Waals surface area (Å²) in [5.41, 5.74) is 2.41. The third-order valence-electron chi connectivity index (χ3n) is 6.63. The van der Waals surface area contributed by atoms with Crippen LogP contribution in [-0.4, -0.2) is 52.4 Å². The molecule has 28 heavy (non-hydrogen) atoms. The van der Waals surface area contributed by atoms with Gasteiger partial charge in [0.1, 0.15) is 6.26 Å². The molecule has 3 aliphatic rings. The van der Waals surface area contributed by atoms with Gasteiger partial charge in [0, 0.05) is 42.9 Å². The van der Waals surface area contributed by atoms with Gasteiger partial charge in [0.25, 0.3) is 5.91 Å². The normalized spacial score (nSPS) is 30.6. The van der Waals surface area contributed by atoms with Crippen molar-refractivity contribution in [3.8, 4) is 0 Å². The van der Waals surface area contributed by atoms with Gasteiger partial charge in [-0.1, -0.05) is 12.1 Å². The molecule has 2 bridgehead atoms. The fraction of sp³-hybridized carbons (Fsp3) is 0.600. The summed E-state index contributed by atoms with van der Waals surface area (Å²) in [6.07, 6.45) is 6.56. The van der Waals surface area contributed by atoms with Crippen LogP contribution in [0, 0.1) is 18.8 Å². The average molecular weight is 383 g/mol. The number of aromatic nitrogens is 3. The van der Waals surface area contributed by atoms with Gasteiger partial charge >= 0.3 is 0 Å². The molecule has 8 heteroatoms. The number of carbonyl (C=O) groups is 1. The van der Waals surface area contributed by atoms with Gasteiger partial charge in [0.15, 0.2) is 5.69 Å². The first kappa shape index (κ1) is 17.6. The molecule has 0 saturated carbocycles. The number of ether oxygens (including phenoxy) is 1. The van der Waals surface area contributed by atoms with Crippen LogP contribution in [0.25, 0.3) is 0 Å². The molecule has 5 heterocycles. The Morgan fingerprint density at radius 2 is 2.36 bits per heavy atom. The van der Waals surface area contributed by atoms with Gasteiger partial charge in [-0.15, -0.1) is 0 Å². The predicted molar refractivity (Wildman–Crippen MR) is 101 cm³/mol. The predicted octanol–water partition coefficient (Wildman–Crippen LogP) is 1.75. The molecule has 3 aliphatic heterocycles. The maximum absolute atomic E-state index is 12.2. The van der Waals surface area contributed by atoms with Crippen LogP contribution in [0.5, 0.6) is 0 Å². The molecule has 0 unspecified atom stereocenters. The highest BCUT2D eigenvalue weighted by Gasteiger charge is 2.63. The van der Waals surface area contributed by atoms with Gasteiger partial charge in [0.2, 0.25) is 5.95 Å². The summed E-state index contributed by atoms with van der Waals surface area (Å²) in [4.78, 5) is 23.9. The summed E-state index contributed by atoms with van der Waals surface area (Å²) in [7, 11) is 0. The molecule has 5 rings (SSSR count). The topological polar surface area (TPSA) is 93.4 Å². The van der Waals surface area contributed by atoms with Crippen molar-refractivity contribution in [1.82, 2.24) is 20.4 Å². The van der Waals surface area contributed by atoms with E-state index in [4.69, 9.17) is 14.2 Å². The van der Waals surface area contributed by atoms with Crippen molar-refractivity contribution in [2.24, 2.45) is 11.8 Å². The molecule has 1 spiro atoms. The van der Waals surface area contributed by atoms with Gasteiger partial charge in [-0.2, -0.15) is 0 Å². The maximum atomic E-state index is 12.2. The lowest BCUT2D eigenvalue weighted by atomic mass is 9.73. The first-order valence-electron chi connectivity index (χ1n) is 10.0. The molecule has 0 aromatic carbocycles. The number of nitrogens with one attached hydrogen (secondary N) is 1. The van der Waals surface area contributed by atoms with Crippen LogP contribution >= 0.6 is 0 Å². The van der Waals surface area contributed by atoms with E-state index in [-0.39, 0.29) is 17.6 Å². The van der Waals surface area contributed by atoms with E-state index in [1.807, 2.05) is 6.20 Å². The summed E-state index contributed by atoms with van der Waals surface area (Å²) >= 11 is 0. The summed E-state index contributed by atoms with van der Waals surface area (Å²) in [6.45, 7) is 6.46. The number of fused-ring (bicyclic) bond motifs is 1. The molecule has 1 amide bonds. The minimum atomic E-state index is -0.199. The van der Waals surface area contributed by atoms with Crippen LogP contribution in [0.3, 0.4) is 0 Å². The second-order valence-corrected chi connectivity index (χ2v) is 8.16. The van der Waals surface area contributed by atoms with E-state index < -0.39 is 0 Å². The van der Waals surface area contributed by atoms with Crippen LogP contribution in [0.15, 0.2) is 23.0 Å². The van der Waals surface area contributed by atoms with Gasteiger partial charge in [0.05, 0.1) is 18.2 Å². The Labute approximate surface area is 163 Å². The van der Waals surface area contributed by atoms with Gasteiger partial charge in [-0.3, -0.25) is 4.79 Å². The van der Waals surface area contributed by atoms with E-state index in [1.165, 1.54) is 6.26 Å². The number of rotatable bonds is 5. The molecule has 4 atom stereocenters. The lowest BCUT2D eigenvalue weighted by Gasteiger charge is -2.29. The third-order valence-corrected chi connectivity index (χ3v) is 6.63. The fourth-order valence-corrected chi connectivity index (χ4v) is 5.22. The number of aryl methyl sites for hydroxylation is 2. The Morgan fingerprint density at radius 1 is 1.46 bits per heavy atom. The standard InChI is InChI=1S/C20H25N5O3/c1-3-15-12(2)8-22-19(23-15)25-10-14-13(17-4-6-20(14,11-25)28-17)9-21-18(26)16-5-7-27-24-16/h5,7-8,13-14,17H,3-4,6,9-11H2,1-2H3,(H,21,26)/t13-,14+,17+,20+/m0/s1. The first-order chi connectivity index (χ1) is 13.6. The van der Waals surface area contributed by atoms with Crippen molar-refractivity contribution < 1.29 is 14.1 Å². The zero-order chi connectivity index (χ0) is 19.3. The summed E-state index contributed by atoms with van der Waals surface area (Å²) < 4.78 is 11.2. The second-order valence-electron chi connectivity index (χ2n) is 8.16. The van der Waals surface area contributed by atoms with Crippen LogP contribution in [0.1, 0.15) is 41.5 Å². The highest BCUT2D eigenvalue weighted by molar-refractivity contribution is 5.91. The van der Waals surface area contributed by atoms with Crippen molar-refractivity contribution in [3.05, 3.63) is 35.5 Å². The highest BCUT2D eigenvalue weighted by atomic mass is 16.5. The molecular weight excluding hydrogens is 358 g/mol. The zero-order valence-electron chi connectivity index (χ0n) is 16.2. The van der Waals surface area contributed by atoms with Gasteiger partial charge < -0.3 is 19.5 Å². The third kappa shape index (κ3) is 2.70. The van der Waals surface area contributed by atoms with Crippen LogP contribution in [-0.2, 0) is 11.2 Å². The zero-order valence-corrected chi connectivity index (χ0v) is 16.2. The van der Waals surface area contributed by atoms with E-state index in [0.717, 1.165) is 49.6 Å². The van der Waals surface area contributed by atoms with Gasteiger partial charge in [-0.05, 0) is 31.7 Å². The van der Waals surface area contributed by atoms with Crippen LogP contribution in [0.4, 0.5) is 5.95 Å². The van der Waals surface area contributed by atoms with Gasteiger partial charge in [-0.25, -0.2) is 9.97 Å². The average Bonchev–Trinajstić information content (AvgIpc) is 3.46. The molecular formula is C20H25N5O3. The molecule has 2 aromatic heterocycles. The number of carbonyl (C=O) groups excluding carboxylic acids is 1.